The zero-order chi connectivity index (χ0) is 22.3. The topological polar surface area (TPSA) is 67.9 Å². The summed E-state index contributed by atoms with van der Waals surface area (Å²) in [5.74, 6) is 4.07. The lowest BCUT2D eigenvalue weighted by Gasteiger charge is -2.28. The largest absolute Gasteiger partial charge is 0.480 e. The molecule has 0 amide bonds. The molecule has 0 saturated carbocycles. The van der Waals surface area contributed by atoms with Crippen LogP contribution < -0.4 is 0 Å². The molecule has 0 bridgehead atoms. The maximum atomic E-state index is 5.83. The van der Waals surface area contributed by atoms with Crippen molar-refractivity contribution in [1.82, 2.24) is 0 Å². The van der Waals surface area contributed by atoms with Crippen LogP contribution in [0.2, 0.25) is 0 Å². The minimum atomic E-state index is -0.00798. The Morgan fingerprint density at radius 2 is 1.27 bits per heavy atom. The molecule has 0 aromatic rings. The van der Waals surface area contributed by atoms with Crippen LogP contribution in [0.5, 0.6) is 0 Å². The molecule has 2 heterocycles. The zero-order valence-electron chi connectivity index (χ0n) is 19.7. The van der Waals surface area contributed by atoms with E-state index < -0.39 is 0 Å². The van der Waals surface area contributed by atoms with Crippen LogP contribution in [-0.2, 0) is 9.47 Å². The van der Waals surface area contributed by atoms with E-state index in [-0.39, 0.29) is 24.2 Å². The predicted molar refractivity (Wildman–Crippen MR) is 134 cm³/mol. The van der Waals surface area contributed by atoms with E-state index in [1.54, 1.807) is 10.8 Å². The minimum Gasteiger partial charge on any atom is -0.480 e. The van der Waals surface area contributed by atoms with Gasteiger partial charge in [-0.05, 0) is 39.5 Å². The molecule has 2 aliphatic rings. The fourth-order valence-electron chi connectivity index (χ4n) is 3.49. The second kappa shape index (κ2) is 12.1. The van der Waals surface area contributed by atoms with Crippen molar-refractivity contribution < 1.29 is 9.47 Å². The molecule has 0 radical (unpaired) electrons. The first-order valence-electron chi connectivity index (χ1n) is 11.0. The molecule has 0 fully saturated rings. The normalized spacial score (nSPS) is 26.9. The van der Waals surface area contributed by atoms with E-state index in [1.165, 1.54) is 0 Å². The standard InChI is InChI=1S/C22H38N4O2S2/c1-9-27-21-18(23-16(8)19(26-21)13(3)4)12-30-29-11-17-15(7)24-20(14(5)6)22(25-17)28-10-2/h13-14,17-20H,9-12H2,1-8H3/t17-,18-,19+,20+/m0/s1. The van der Waals surface area contributed by atoms with Gasteiger partial charge in [-0.1, -0.05) is 49.3 Å². The lowest BCUT2D eigenvalue weighted by Crippen LogP contribution is -2.37. The van der Waals surface area contributed by atoms with Crippen LogP contribution in [0.1, 0.15) is 55.4 Å². The van der Waals surface area contributed by atoms with Gasteiger partial charge in [0.15, 0.2) is 0 Å². The Balaban J connectivity index is 1.93. The van der Waals surface area contributed by atoms with Crippen molar-refractivity contribution in [2.75, 3.05) is 24.7 Å². The molecule has 6 nitrogen and oxygen atoms in total. The van der Waals surface area contributed by atoms with Gasteiger partial charge >= 0.3 is 0 Å². The quantitative estimate of drug-likeness (QED) is 0.364. The molecular formula is C22H38N4O2S2. The van der Waals surface area contributed by atoms with E-state index in [1.807, 2.05) is 24.6 Å². The third-order valence-electron chi connectivity index (χ3n) is 5.08. The van der Waals surface area contributed by atoms with Crippen molar-refractivity contribution >= 4 is 44.8 Å². The third kappa shape index (κ3) is 6.74. The van der Waals surface area contributed by atoms with E-state index >= 15 is 0 Å². The highest BCUT2D eigenvalue weighted by Crippen LogP contribution is 2.29. The Bertz CT molecular complexity index is 689. The molecule has 30 heavy (non-hydrogen) atoms. The molecule has 0 saturated heterocycles. The summed E-state index contributed by atoms with van der Waals surface area (Å²) in [7, 11) is 3.61. The molecule has 0 aromatic carbocycles. The van der Waals surface area contributed by atoms with Crippen molar-refractivity contribution in [2.45, 2.75) is 79.6 Å². The van der Waals surface area contributed by atoms with Gasteiger partial charge in [0.05, 0.1) is 19.3 Å². The van der Waals surface area contributed by atoms with Crippen molar-refractivity contribution in [3.8, 4) is 0 Å². The molecule has 2 aliphatic heterocycles. The summed E-state index contributed by atoms with van der Waals surface area (Å²) in [4.78, 5) is 19.5. The van der Waals surface area contributed by atoms with Crippen LogP contribution in [0.15, 0.2) is 20.0 Å². The van der Waals surface area contributed by atoms with Gasteiger partial charge in [0.2, 0.25) is 11.8 Å². The second-order valence-electron chi connectivity index (χ2n) is 8.32. The van der Waals surface area contributed by atoms with Crippen molar-refractivity contribution in [3.63, 3.8) is 0 Å². The number of ether oxygens (including phenoxy) is 2. The van der Waals surface area contributed by atoms with Gasteiger partial charge < -0.3 is 9.47 Å². The second-order valence-corrected chi connectivity index (χ2v) is 10.9. The average Bonchev–Trinajstić information content (AvgIpc) is 2.68. The number of nitrogens with zero attached hydrogens (tertiary/aromatic N) is 4. The smallest absolute Gasteiger partial charge is 0.210 e. The molecule has 0 unspecified atom stereocenters. The molecule has 8 heteroatoms. The average molecular weight is 455 g/mol. The van der Waals surface area contributed by atoms with E-state index in [2.05, 4.69) is 41.5 Å². The van der Waals surface area contributed by atoms with Gasteiger partial charge in [0.25, 0.3) is 0 Å². The van der Waals surface area contributed by atoms with Crippen LogP contribution in [0, 0.1) is 11.8 Å². The summed E-state index contributed by atoms with van der Waals surface area (Å²) in [6.45, 7) is 18.1. The Labute approximate surface area is 190 Å². The third-order valence-corrected chi connectivity index (χ3v) is 7.47. The molecule has 0 spiro atoms. The number of hydrogen-bond donors (Lipinski definition) is 0. The number of rotatable bonds is 9. The van der Waals surface area contributed by atoms with E-state index in [0.29, 0.717) is 25.0 Å². The number of hydrogen-bond acceptors (Lipinski definition) is 8. The summed E-state index contributed by atoms with van der Waals surface area (Å²) < 4.78 is 11.6. The van der Waals surface area contributed by atoms with Gasteiger partial charge in [-0.3, -0.25) is 9.98 Å². The molecular weight excluding hydrogens is 416 g/mol. The first kappa shape index (κ1) is 25.2. The molecule has 170 valence electrons. The first-order chi connectivity index (χ1) is 14.3. The first-order valence-corrected chi connectivity index (χ1v) is 13.5. The van der Waals surface area contributed by atoms with Gasteiger partial charge in [-0.15, -0.1) is 0 Å². The zero-order valence-corrected chi connectivity index (χ0v) is 21.3. The van der Waals surface area contributed by atoms with Crippen LogP contribution in [0.25, 0.3) is 0 Å². The molecule has 0 aliphatic carbocycles. The lowest BCUT2D eigenvalue weighted by molar-refractivity contribution is 0.297. The van der Waals surface area contributed by atoms with Crippen LogP contribution >= 0.6 is 21.6 Å². The highest BCUT2D eigenvalue weighted by Gasteiger charge is 2.30. The van der Waals surface area contributed by atoms with Crippen molar-refractivity contribution in [1.29, 1.82) is 0 Å². The molecule has 4 atom stereocenters. The Morgan fingerprint density at radius 1 is 0.700 bits per heavy atom. The summed E-state index contributed by atoms with van der Waals surface area (Å²) >= 11 is 0. The van der Waals surface area contributed by atoms with E-state index in [9.17, 15) is 0 Å². The van der Waals surface area contributed by atoms with Crippen LogP contribution in [-0.4, -0.2) is 72.1 Å². The van der Waals surface area contributed by atoms with Crippen LogP contribution in [0.4, 0.5) is 0 Å². The summed E-state index contributed by atoms with van der Waals surface area (Å²) in [5.41, 5.74) is 2.19. The minimum absolute atomic E-state index is 0.00798. The van der Waals surface area contributed by atoms with Crippen LogP contribution in [0.3, 0.4) is 0 Å². The van der Waals surface area contributed by atoms with Gasteiger partial charge in [-0.2, -0.15) is 0 Å². The Morgan fingerprint density at radius 3 is 1.83 bits per heavy atom. The maximum absolute atomic E-state index is 5.83. The molecule has 0 aromatic heterocycles. The SMILES string of the molecule is CCOC1=N[C@H](C(C)C)C(C)=N[C@H]1CSSC[C@@H]1N=C(OCC)[C@@H](C(C)C)N=C1C. The summed E-state index contributed by atoms with van der Waals surface area (Å²) in [6.07, 6.45) is 0. The van der Waals surface area contributed by atoms with E-state index in [0.717, 1.165) is 34.7 Å². The van der Waals surface area contributed by atoms with Gasteiger partial charge in [-0.25, -0.2) is 9.98 Å². The lowest BCUT2D eigenvalue weighted by atomic mass is 9.99. The highest BCUT2D eigenvalue weighted by atomic mass is 33.1. The van der Waals surface area contributed by atoms with Gasteiger partial charge in [0, 0.05) is 22.9 Å². The maximum Gasteiger partial charge on any atom is 0.210 e. The highest BCUT2D eigenvalue weighted by molar-refractivity contribution is 8.76. The number of aliphatic imine (C=N–C) groups is 4. The van der Waals surface area contributed by atoms with E-state index in [4.69, 9.17) is 29.4 Å². The van der Waals surface area contributed by atoms with Gasteiger partial charge in [0.1, 0.15) is 18.1 Å². The molecule has 0 N–H and O–H groups in total. The van der Waals surface area contributed by atoms with Crippen molar-refractivity contribution in [2.24, 2.45) is 31.8 Å². The summed E-state index contributed by atoms with van der Waals surface area (Å²) in [5, 5.41) is 0. The summed E-state index contributed by atoms with van der Waals surface area (Å²) in [6, 6.07) is 0.228. The predicted octanol–water partition coefficient (Wildman–Crippen LogP) is 4.97. The Kier molecular flexibility index (Phi) is 10.2. The monoisotopic (exact) mass is 454 g/mol. The van der Waals surface area contributed by atoms with Crippen molar-refractivity contribution in [3.05, 3.63) is 0 Å². The Hall–Kier alpha value is -1.02. The molecule has 2 rings (SSSR count). The fraction of sp³-hybridized carbons (Fsp3) is 0.818. The fourth-order valence-corrected chi connectivity index (χ4v) is 5.82.